The van der Waals surface area contributed by atoms with Gasteiger partial charge in [0.05, 0.1) is 23.0 Å². The highest BCUT2D eigenvalue weighted by atomic mass is 79.9. The summed E-state index contributed by atoms with van der Waals surface area (Å²) in [6.07, 6.45) is -12.6. The zero-order valence-corrected chi connectivity index (χ0v) is 24.5. The zero-order valence-electron chi connectivity index (χ0n) is 22.1. The third-order valence-corrected chi connectivity index (χ3v) is 7.49. The van der Waals surface area contributed by atoms with Crippen LogP contribution in [0.3, 0.4) is 0 Å². The van der Waals surface area contributed by atoms with E-state index in [1.54, 1.807) is 0 Å². The average Bonchev–Trinajstić information content (AvgIpc) is 3.65. The number of aliphatic hydroxyl groups is 2. The van der Waals surface area contributed by atoms with E-state index in [-0.39, 0.29) is 32.3 Å². The summed E-state index contributed by atoms with van der Waals surface area (Å²) in [6, 6.07) is 4.01. The number of alkyl halides is 5. The van der Waals surface area contributed by atoms with Gasteiger partial charge in [0.1, 0.15) is 49.1 Å². The second-order valence-electron chi connectivity index (χ2n) is 9.47. The van der Waals surface area contributed by atoms with Crippen LogP contribution in [0.1, 0.15) is 18.0 Å². The molecule has 1 saturated heterocycles. The Bertz CT molecular complexity index is 1660. The molecule has 20 heteroatoms. The van der Waals surface area contributed by atoms with E-state index >= 15 is 0 Å². The summed E-state index contributed by atoms with van der Waals surface area (Å²) in [6.45, 7) is -2.07. The Hall–Kier alpha value is -3.36. The van der Waals surface area contributed by atoms with Crippen molar-refractivity contribution in [2.24, 2.45) is 0 Å². The SMILES string of the molecule is OC[C@H]1O[C@@H](c2nncn2-c2cc(Cl)ccc2OC(F)(F)F)[C@H](OCC(F)F)[C@@H](n2cc(-c3ccc(Br)c(F)c3F)nn2)[C@H]1O. The number of aliphatic hydroxyl groups excluding tert-OH is 2. The Labute approximate surface area is 261 Å². The van der Waals surface area contributed by atoms with Crippen LogP contribution in [-0.4, -0.2) is 84.3 Å². The van der Waals surface area contributed by atoms with Crippen molar-refractivity contribution in [2.45, 2.75) is 43.2 Å². The van der Waals surface area contributed by atoms with E-state index in [1.165, 1.54) is 12.1 Å². The van der Waals surface area contributed by atoms with Gasteiger partial charge in [0.25, 0.3) is 6.43 Å². The Morgan fingerprint density at radius 3 is 2.56 bits per heavy atom. The Morgan fingerprint density at radius 2 is 1.87 bits per heavy atom. The normalized spacial score (nSPS) is 22.3. The standard InChI is InChI=1S/C25H19BrClF7N6O5/c26-12-3-2-11(18(30)19(12)31)13-6-40(38-36-13)20-21(42)16(7-41)44-23(22(20)43-8-17(28)29)24-37-35-9-39(24)14-5-10(27)1-4-15(14)45-25(32,33)34/h1-6,9,16-17,20-23,41-42H,7-8H2/t16-,20+,21+,22-,23-/m1/s1. The first kappa shape index (κ1) is 33.0. The van der Waals surface area contributed by atoms with Crippen LogP contribution < -0.4 is 4.74 Å². The number of nitrogens with zero attached hydrogens (tertiary/aromatic N) is 6. The van der Waals surface area contributed by atoms with Crippen LogP contribution in [-0.2, 0) is 9.47 Å². The molecule has 0 aliphatic carbocycles. The van der Waals surface area contributed by atoms with Gasteiger partial charge in [0.15, 0.2) is 23.2 Å². The van der Waals surface area contributed by atoms with Gasteiger partial charge in [-0.1, -0.05) is 16.8 Å². The number of halogens is 9. The molecule has 5 atom stereocenters. The summed E-state index contributed by atoms with van der Waals surface area (Å²) < 4.78 is 112. The molecule has 1 aliphatic heterocycles. The van der Waals surface area contributed by atoms with E-state index in [1.807, 2.05) is 0 Å². The fraction of sp³-hybridized carbons (Fsp3) is 0.360. The number of rotatable bonds is 9. The van der Waals surface area contributed by atoms with Gasteiger partial charge in [-0.25, -0.2) is 22.2 Å². The molecule has 0 spiro atoms. The zero-order chi connectivity index (χ0) is 32.6. The largest absolute Gasteiger partial charge is 0.573 e. The monoisotopic (exact) mass is 730 g/mol. The third-order valence-electron chi connectivity index (χ3n) is 6.64. The molecule has 0 radical (unpaired) electrons. The van der Waals surface area contributed by atoms with Crippen molar-refractivity contribution < 1.29 is 55.2 Å². The third kappa shape index (κ3) is 6.92. The molecule has 0 unspecified atom stereocenters. The topological polar surface area (TPSA) is 130 Å². The molecule has 45 heavy (non-hydrogen) atoms. The molecule has 0 saturated carbocycles. The van der Waals surface area contributed by atoms with Crippen molar-refractivity contribution in [1.82, 2.24) is 29.8 Å². The summed E-state index contributed by atoms with van der Waals surface area (Å²) in [4.78, 5) is 0. The summed E-state index contributed by atoms with van der Waals surface area (Å²) in [7, 11) is 0. The van der Waals surface area contributed by atoms with E-state index in [4.69, 9.17) is 21.1 Å². The molecular formula is C25H19BrClF7N6O5. The second kappa shape index (κ2) is 13.2. The average molecular weight is 732 g/mol. The second-order valence-corrected chi connectivity index (χ2v) is 10.8. The van der Waals surface area contributed by atoms with Gasteiger partial charge < -0.3 is 24.4 Å². The molecule has 0 bridgehead atoms. The molecule has 3 heterocycles. The fourth-order valence-corrected chi connectivity index (χ4v) is 5.23. The first-order valence-electron chi connectivity index (χ1n) is 12.6. The maximum absolute atomic E-state index is 14.7. The van der Waals surface area contributed by atoms with Gasteiger partial charge >= 0.3 is 6.36 Å². The lowest BCUT2D eigenvalue weighted by Crippen LogP contribution is -2.54. The van der Waals surface area contributed by atoms with Crippen LogP contribution in [0.2, 0.25) is 5.02 Å². The summed E-state index contributed by atoms with van der Waals surface area (Å²) in [5.41, 5.74) is -0.893. The van der Waals surface area contributed by atoms with Gasteiger partial charge in [0, 0.05) is 10.6 Å². The summed E-state index contributed by atoms with van der Waals surface area (Å²) in [5, 5.41) is 36.5. The van der Waals surface area contributed by atoms with Crippen LogP contribution in [0.5, 0.6) is 5.75 Å². The van der Waals surface area contributed by atoms with Gasteiger partial charge in [0.2, 0.25) is 0 Å². The lowest BCUT2D eigenvalue weighted by atomic mass is 9.91. The van der Waals surface area contributed by atoms with Gasteiger partial charge in [-0.2, -0.15) is 0 Å². The molecule has 4 aromatic rings. The molecule has 0 amide bonds. The van der Waals surface area contributed by atoms with E-state index in [0.29, 0.717) is 0 Å². The van der Waals surface area contributed by atoms with Crippen LogP contribution in [0.4, 0.5) is 30.7 Å². The fourth-order valence-electron chi connectivity index (χ4n) is 4.76. The number of ether oxygens (including phenoxy) is 3. The van der Waals surface area contributed by atoms with Crippen molar-refractivity contribution in [2.75, 3.05) is 13.2 Å². The maximum Gasteiger partial charge on any atom is 0.573 e. The first-order valence-corrected chi connectivity index (χ1v) is 13.8. The summed E-state index contributed by atoms with van der Waals surface area (Å²) >= 11 is 8.90. The van der Waals surface area contributed by atoms with Crippen molar-refractivity contribution in [3.63, 3.8) is 0 Å². The number of hydrogen-bond donors (Lipinski definition) is 2. The van der Waals surface area contributed by atoms with Gasteiger partial charge in [-0.3, -0.25) is 4.57 Å². The van der Waals surface area contributed by atoms with Crippen molar-refractivity contribution in [3.8, 4) is 22.7 Å². The quantitative estimate of drug-likeness (QED) is 0.184. The van der Waals surface area contributed by atoms with Crippen LogP contribution in [0, 0.1) is 11.6 Å². The van der Waals surface area contributed by atoms with Crippen molar-refractivity contribution >= 4 is 27.5 Å². The first-order chi connectivity index (χ1) is 21.3. The molecule has 11 nitrogen and oxygen atoms in total. The molecular weight excluding hydrogens is 713 g/mol. The van der Waals surface area contributed by atoms with Gasteiger partial charge in [-0.05, 0) is 46.3 Å². The predicted molar refractivity (Wildman–Crippen MR) is 142 cm³/mol. The highest BCUT2D eigenvalue weighted by Gasteiger charge is 2.50. The lowest BCUT2D eigenvalue weighted by molar-refractivity contribution is -0.274. The van der Waals surface area contributed by atoms with Crippen LogP contribution in [0.25, 0.3) is 16.9 Å². The predicted octanol–water partition coefficient (Wildman–Crippen LogP) is 4.80. The minimum absolute atomic E-state index is 0.0254. The Balaban J connectivity index is 1.61. The minimum Gasteiger partial charge on any atom is -0.404 e. The van der Waals surface area contributed by atoms with Crippen LogP contribution in [0.15, 0.2) is 47.3 Å². The summed E-state index contributed by atoms with van der Waals surface area (Å²) in [5.74, 6) is -3.58. The number of hydrogen-bond acceptors (Lipinski definition) is 9. The minimum atomic E-state index is -5.12. The molecule has 2 aromatic carbocycles. The molecule has 1 aliphatic rings. The van der Waals surface area contributed by atoms with E-state index in [9.17, 15) is 40.9 Å². The Kier molecular flexibility index (Phi) is 9.66. The van der Waals surface area contributed by atoms with Crippen molar-refractivity contribution in [3.05, 3.63) is 69.8 Å². The van der Waals surface area contributed by atoms with Crippen molar-refractivity contribution in [1.29, 1.82) is 0 Å². The van der Waals surface area contributed by atoms with E-state index < -0.39 is 73.8 Å². The molecule has 2 N–H and O–H groups in total. The highest BCUT2D eigenvalue weighted by Crippen LogP contribution is 2.42. The van der Waals surface area contributed by atoms with E-state index in [0.717, 1.165) is 40.0 Å². The molecule has 5 rings (SSSR count). The Morgan fingerprint density at radius 1 is 1.11 bits per heavy atom. The molecule has 1 fully saturated rings. The molecule has 242 valence electrons. The molecule has 2 aromatic heterocycles. The number of benzene rings is 2. The maximum atomic E-state index is 14.7. The number of aromatic nitrogens is 6. The highest BCUT2D eigenvalue weighted by molar-refractivity contribution is 9.10. The smallest absolute Gasteiger partial charge is 0.404 e. The van der Waals surface area contributed by atoms with Crippen LogP contribution >= 0.6 is 27.5 Å². The van der Waals surface area contributed by atoms with E-state index in [2.05, 4.69) is 41.2 Å². The lowest BCUT2D eigenvalue weighted by Gasteiger charge is -2.43. The van der Waals surface area contributed by atoms with Gasteiger partial charge in [-0.15, -0.1) is 28.5 Å².